The summed E-state index contributed by atoms with van der Waals surface area (Å²) >= 11 is 5.83. The van der Waals surface area contributed by atoms with Crippen LogP contribution in [0.2, 0.25) is 5.02 Å². The van der Waals surface area contributed by atoms with Gasteiger partial charge in [-0.25, -0.2) is 0 Å². The maximum Gasteiger partial charge on any atom is 0.252 e. The Kier molecular flexibility index (Phi) is 5.72. The van der Waals surface area contributed by atoms with E-state index in [1.54, 1.807) is 18.2 Å². The summed E-state index contributed by atoms with van der Waals surface area (Å²) in [5, 5.41) is 3.74. The summed E-state index contributed by atoms with van der Waals surface area (Å²) in [6, 6.07) is 4.94. The maximum atomic E-state index is 11.3. The van der Waals surface area contributed by atoms with E-state index in [0.29, 0.717) is 16.3 Å². The number of nitrogens with one attached hydrogen (secondary N) is 1. The normalized spacial score (nSPS) is 15.8. The SMILES string of the molecule is Cl.NC(=O)c1cc(Cl)ccc1OC1CCNCC1. The fourth-order valence-corrected chi connectivity index (χ4v) is 2.06. The van der Waals surface area contributed by atoms with Crippen LogP contribution in [0.15, 0.2) is 18.2 Å². The Balaban J connectivity index is 0.00000162. The summed E-state index contributed by atoms with van der Waals surface area (Å²) in [6.45, 7) is 1.87. The first-order valence-electron chi connectivity index (χ1n) is 5.63. The minimum atomic E-state index is -0.517. The summed E-state index contributed by atoms with van der Waals surface area (Å²) in [4.78, 5) is 11.3. The number of benzene rings is 1. The van der Waals surface area contributed by atoms with Crippen LogP contribution in [-0.4, -0.2) is 25.1 Å². The summed E-state index contributed by atoms with van der Waals surface area (Å²) in [5.74, 6) is 0.00485. The number of nitrogens with two attached hydrogens (primary N) is 1. The highest BCUT2D eigenvalue weighted by Crippen LogP contribution is 2.25. The Morgan fingerprint density at radius 1 is 1.39 bits per heavy atom. The zero-order valence-corrected chi connectivity index (χ0v) is 11.4. The van der Waals surface area contributed by atoms with Gasteiger partial charge in [0.1, 0.15) is 11.9 Å². The first-order valence-corrected chi connectivity index (χ1v) is 6.01. The van der Waals surface area contributed by atoms with Gasteiger partial charge in [-0.2, -0.15) is 0 Å². The Bertz CT molecular complexity index is 421. The van der Waals surface area contributed by atoms with E-state index in [-0.39, 0.29) is 18.5 Å². The van der Waals surface area contributed by atoms with Crippen LogP contribution in [0.1, 0.15) is 23.2 Å². The van der Waals surface area contributed by atoms with Crippen molar-refractivity contribution in [3.05, 3.63) is 28.8 Å². The molecule has 18 heavy (non-hydrogen) atoms. The number of hydrogen-bond acceptors (Lipinski definition) is 3. The molecule has 100 valence electrons. The van der Waals surface area contributed by atoms with Gasteiger partial charge in [0, 0.05) is 5.02 Å². The fraction of sp³-hybridized carbons (Fsp3) is 0.417. The van der Waals surface area contributed by atoms with E-state index >= 15 is 0 Å². The highest BCUT2D eigenvalue weighted by Gasteiger charge is 2.17. The van der Waals surface area contributed by atoms with Crippen molar-refractivity contribution in [1.82, 2.24) is 5.32 Å². The molecule has 1 aliphatic rings. The largest absolute Gasteiger partial charge is 0.489 e. The van der Waals surface area contributed by atoms with E-state index < -0.39 is 5.91 Å². The van der Waals surface area contributed by atoms with Crippen molar-refractivity contribution < 1.29 is 9.53 Å². The molecule has 0 radical (unpaired) electrons. The lowest BCUT2D eigenvalue weighted by atomic mass is 10.1. The van der Waals surface area contributed by atoms with Gasteiger partial charge in [-0.15, -0.1) is 12.4 Å². The number of carbonyl (C=O) groups excluding carboxylic acids is 1. The molecule has 0 spiro atoms. The molecule has 1 amide bonds. The predicted molar refractivity (Wildman–Crippen MR) is 73.7 cm³/mol. The van der Waals surface area contributed by atoms with E-state index in [4.69, 9.17) is 22.1 Å². The number of halogens is 2. The van der Waals surface area contributed by atoms with Crippen molar-refractivity contribution in [2.45, 2.75) is 18.9 Å². The molecular weight excluding hydrogens is 275 g/mol. The second-order valence-electron chi connectivity index (χ2n) is 4.07. The second kappa shape index (κ2) is 6.83. The lowest BCUT2D eigenvalue weighted by Gasteiger charge is -2.24. The summed E-state index contributed by atoms with van der Waals surface area (Å²) in [7, 11) is 0. The van der Waals surface area contributed by atoms with E-state index in [9.17, 15) is 4.79 Å². The van der Waals surface area contributed by atoms with Crippen LogP contribution in [0.3, 0.4) is 0 Å². The van der Waals surface area contributed by atoms with E-state index in [1.165, 1.54) is 0 Å². The molecule has 0 unspecified atom stereocenters. The van der Waals surface area contributed by atoms with Crippen LogP contribution in [0, 0.1) is 0 Å². The number of primary amides is 1. The molecule has 0 bridgehead atoms. The quantitative estimate of drug-likeness (QED) is 0.895. The molecule has 6 heteroatoms. The molecule has 1 aromatic carbocycles. The molecule has 0 atom stereocenters. The van der Waals surface area contributed by atoms with Crippen molar-refractivity contribution in [2.75, 3.05) is 13.1 Å². The molecule has 0 aromatic heterocycles. The highest BCUT2D eigenvalue weighted by atomic mass is 35.5. The predicted octanol–water partition coefficient (Wildman–Crippen LogP) is 1.99. The number of hydrogen-bond donors (Lipinski definition) is 2. The lowest BCUT2D eigenvalue weighted by Crippen LogP contribution is -2.34. The third kappa shape index (κ3) is 3.77. The van der Waals surface area contributed by atoms with Crippen molar-refractivity contribution in [3.63, 3.8) is 0 Å². The minimum absolute atomic E-state index is 0. The van der Waals surface area contributed by atoms with Crippen LogP contribution >= 0.6 is 24.0 Å². The van der Waals surface area contributed by atoms with E-state index in [0.717, 1.165) is 25.9 Å². The summed E-state index contributed by atoms with van der Waals surface area (Å²) in [6.07, 6.45) is 2.00. The number of amides is 1. The number of rotatable bonds is 3. The van der Waals surface area contributed by atoms with Crippen molar-refractivity contribution >= 4 is 29.9 Å². The van der Waals surface area contributed by atoms with Gasteiger partial charge >= 0.3 is 0 Å². The Morgan fingerprint density at radius 2 is 2.06 bits per heavy atom. The Hall–Kier alpha value is -0.970. The highest BCUT2D eigenvalue weighted by molar-refractivity contribution is 6.31. The molecule has 1 heterocycles. The maximum absolute atomic E-state index is 11.3. The van der Waals surface area contributed by atoms with Gasteiger partial charge < -0.3 is 15.8 Å². The molecule has 2 rings (SSSR count). The monoisotopic (exact) mass is 290 g/mol. The van der Waals surface area contributed by atoms with Gasteiger partial charge in [0.15, 0.2) is 0 Å². The van der Waals surface area contributed by atoms with Gasteiger partial charge in [-0.3, -0.25) is 4.79 Å². The molecule has 1 fully saturated rings. The second-order valence-corrected chi connectivity index (χ2v) is 4.51. The number of carbonyl (C=O) groups is 1. The third-order valence-electron chi connectivity index (χ3n) is 2.79. The zero-order valence-electron chi connectivity index (χ0n) is 9.82. The molecule has 1 aromatic rings. The molecule has 1 aliphatic heterocycles. The lowest BCUT2D eigenvalue weighted by molar-refractivity contribution is 0.0989. The fourth-order valence-electron chi connectivity index (χ4n) is 1.89. The average Bonchev–Trinajstić information content (AvgIpc) is 2.32. The third-order valence-corrected chi connectivity index (χ3v) is 3.02. The molecule has 0 saturated carbocycles. The van der Waals surface area contributed by atoms with Gasteiger partial charge in [-0.05, 0) is 44.1 Å². The average molecular weight is 291 g/mol. The zero-order chi connectivity index (χ0) is 12.3. The van der Waals surface area contributed by atoms with Crippen LogP contribution in [0.4, 0.5) is 0 Å². The van der Waals surface area contributed by atoms with Crippen LogP contribution < -0.4 is 15.8 Å². The molecule has 0 aliphatic carbocycles. The molecule has 1 saturated heterocycles. The van der Waals surface area contributed by atoms with Gasteiger partial charge in [0.05, 0.1) is 5.56 Å². The Morgan fingerprint density at radius 3 is 2.67 bits per heavy atom. The first kappa shape index (κ1) is 15.1. The van der Waals surface area contributed by atoms with Crippen LogP contribution in [0.5, 0.6) is 5.75 Å². The first-order chi connectivity index (χ1) is 8.16. The van der Waals surface area contributed by atoms with Crippen LogP contribution in [-0.2, 0) is 0 Å². The Labute approximate surface area is 117 Å². The molecule has 4 nitrogen and oxygen atoms in total. The van der Waals surface area contributed by atoms with Crippen molar-refractivity contribution in [2.24, 2.45) is 5.73 Å². The topological polar surface area (TPSA) is 64.4 Å². The van der Waals surface area contributed by atoms with Gasteiger partial charge in [0.2, 0.25) is 0 Å². The smallest absolute Gasteiger partial charge is 0.252 e. The van der Waals surface area contributed by atoms with Gasteiger partial charge in [0.25, 0.3) is 5.91 Å². The van der Waals surface area contributed by atoms with Crippen LogP contribution in [0.25, 0.3) is 0 Å². The molecule has 3 N–H and O–H groups in total. The standard InChI is InChI=1S/C12H15ClN2O2.ClH/c13-8-1-2-11(10(7-8)12(14)16)17-9-3-5-15-6-4-9;/h1-2,7,9,15H,3-6H2,(H2,14,16);1H. The van der Waals surface area contributed by atoms with Gasteiger partial charge in [-0.1, -0.05) is 11.6 Å². The van der Waals surface area contributed by atoms with E-state index in [1.807, 2.05) is 0 Å². The number of ether oxygens (including phenoxy) is 1. The summed E-state index contributed by atoms with van der Waals surface area (Å²) in [5.41, 5.74) is 5.64. The van der Waals surface area contributed by atoms with E-state index in [2.05, 4.69) is 5.32 Å². The number of piperidine rings is 1. The van der Waals surface area contributed by atoms with Crippen molar-refractivity contribution in [3.8, 4) is 5.75 Å². The molecular formula is C12H16Cl2N2O2. The van der Waals surface area contributed by atoms with Crippen molar-refractivity contribution in [1.29, 1.82) is 0 Å². The minimum Gasteiger partial charge on any atom is -0.489 e. The summed E-state index contributed by atoms with van der Waals surface area (Å²) < 4.78 is 5.80.